The van der Waals surface area contributed by atoms with Crippen molar-refractivity contribution in [3.8, 4) is 5.88 Å². The molecule has 0 aromatic carbocycles. The minimum Gasteiger partial charge on any atom is -0.472 e. The van der Waals surface area contributed by atoms with Crippen LogP contribution in [0.15, 0.2) is 24.4 Å². The molecule has 0 N–H and O–H groups in total. The molecule has 23 heavy (non-hydrogen) atoms. The molecule has 0 radical (unpaired) electrons. The molecule has 1 spiro atoms. The van der Waals surface area contributed by atoms with E-state index in [1.807, 2.05) is 42.1 Å². The highest BCUT2D eigenvalue weighted by molar-refractivity contribution is 5.78. The number of hydrogen-bond donors (Lipinski definition) is 0. The van der Waals surface area contributed by atoms with Crippen LogP contribution in [-0.2, 0) is 9.53 Å². The molecule has 1 amide bonds. The number of carbonyl (C=O) groups is 1. The molecule has 3 rings (SSSR count). The maximum absolute atomic E-state index is 12.3. The number of piperidine rings is 1. The summed E-state index contributed by atoms with van der Waals surface area (Å²) in [5.74, 6) is 0.807. The molecule has 2 aliphatic heterocycles. The fourth-order valence-corrected chi connectivity index (χ4v) is 3.43. The Bertz CT molecular complexity index is 537. The highest BCUT2D eigenvalue weighted by atomic mass is 16.6. The standard InChI is InChI=1S/C17H25N3O3/c1-19(2)11-16(21)20-9-5-7-17(13-20)10-14(12-22-17)23-15-6-3-4-8-18-15/h3-4,6,8,14H,5,7,9-13H2,1-2H3/t14-,17-/m0/s1. The number of carbonyl (C=O) groups excluding carboxylic acids is 1. The van der Waals surface area contributed by atoms with E-state index in [0.29, 0.717) is 25.6 Å². The lowest BCUT2D eigenvalue weighted by Gasteiger charge is -2.40. The molecule has 0 unspecified atom stereocenters. The Balaban J connectivity index is 1.58. The van der Waals surface area contributed by atoms with Gasteiger partial charge in [0.25, 0.3) is 0 Å². The topological polar surface area (TPSA) is 54.9 Å². The van der Waals surface area contributed by atoms with Crippen molar-refractivity contribution < 1.29 is 14.3 Å². The van der Waals surface area contributed by atoms with Crippen molar-refractivity contribution in [1.82, 2.24) is 14.8 Å². The fraction of sp³-hybridized carbons (Fsp3) is 0.647. The lowest BCUT2D eigenvalue weighted by molar-refractivity contribution is -0.139. The van der Waals surface area contributed by atoms with E-state index in [0.717, 1.165) is 25.8 Å². The lowest BCUT2D eigenvalue weighted by Crippen LogP contribution is -2.52. The van der Waals surface area contributed by atoms with Crippen LogP contribution in [0.3, 0.4) is 0 Å². The molecule has 6 nitrogen and oxygen atoms in total. The summed E-state index contributed by atoms with van der Waals surface area (Å²) in [6.45, 7) is 2.50. The highest BCUT2D eigenvalue weighted by Crippen LogP contribution is 2.36. The lowest BCUT2D eigenvalue weighted by atomic mass is 9.89. The van der Waals surface area contributed by atoms with E-state index in [4.69, 9.17) is 9.47 Å². The van der Waals surface area contributed by atoms with Crippen molar-refractivity contribution in [2.24, 2.45) is 0 Å². The maximum atomic E-state index is 12.3. The number of hydrogen-bond acceptors (Lipinski definition) is 5. The number of nitrogens with zero attached hydrogens (tertiary/aromatic N) is 3. The van der Waals surface area contributed by atoms with E-state index in [2.05, 4.69) is 4.98 Å². The molecule has 6 heteroatoms. The number of ether oxygens (including phenoxy) is 2. The van der Waals surface area contributed by atoms with E-state index in [1.54, 1.807) is 6.20 Å². The van der Waals surface area contributed by atoms with E-state index in [-0.39, 0.29) is 17.6 Å². The molecular formula is C17H25N3O3. The van der Waals surface area contributed by atoms with Crippen LogP contribution in [0.2, 0.25) is 0 Å². The second-order valence-electron chi connectivity index (χ2n) is 6.76. The van der Waals surface area contributed by atoms with Gasteiger partial charge in [-0.2, -0.15) is 0 Å². The van der Waals surface area contributed by atoms with Crippen LogP contribution in [-0.4, -0.2) is 72.7 Å². The minimum atomic E-state index is -0.250. The molecule has 0 bridgehead atoms. The number of amides is 1. The van der Waals surface area contributed by atoms with Crippen molar-refractivity contribution in [3.05, 3.63) is 24.4 Å². The largest absolute Gasteiger partial charge is 0.472 e. The highest BCUT2D eigenvalue weighted by Gasteiger charge is 2.45. The maximum Gasteiger partial charge on any atom is 0.236 e. The second-order valence-corrected chi connectivity index (χ2v) is 6.76. The first-order valence-corrected chi connectivity index (χ1v) is 8.20. The van der Waals surface area contributed by atoms with E-state index >= 15 is 0 Å². The SMILES string of the molecule is CN(C)CC(=O)N1CCC[C@]2(C[C@H](Oc3ccccn3)CO2)C1. The summed E-state index contributed by atoms with van der Waals surface area (Å²) >= 11 is 0. The van der Waals surface area contributed by atoms with Gasteiger partial charge >= 0.3 is 0 Å². The monoisotopic (exact) mass is 319 g/mol. The van der Waals surface area contributed by atoms with Crippen LogP contribution in [0.1, 0.15) is 19.3 Å². The first-order valence-electron chi connectivity index (χ1n) is 8.20. The Morgan fingerprint density at radius 3 is 3.13 bits per heavy atom. The van der Waals surface area contributed by atoms with Gasteiger partial charge in [-0.1, -0.05) is 6.07 Å². The molecule has 2 fully saturated rings. The quantitative estimate of drug-likeness (QED) is 0.834. The van der Waals surface area contributed by atoms with Gasteiger partial charge < -0.3 is 19.3 Å². The summed E-state index contributed by atoms with van der Waals surface area (Å²) in [6, 6.07) is 5.64. The molecule has 0 saturated carbocycles. The molecular weight excluding hydrogens is 294 g/mol. The summed E-state index contributed by atoms with van der Waals surface area (Å²) in [7, 11) is 3.83. The zero-order valence-corrected chi connectivity index (χ0v) is 13.9. The smallest absolute Gasteiger partial charge is 0.236 e. The number of rotatable bonds is 4. The second kappa shape index (κ2) is 6.84. The molecule has 2 atom stereocenters. The number of aromatic nitrogens is 1. The predicted molar refractivity (Wildman–Crippen MR) is 86.3 cm³/mol. The first-order chi connectivity index (χ1) is 11.1. The van der Waals surface area contributed by atoms with Crippen molar-refractivity contribution >= 4 is 5.91 Å². The predicted octanol–water partition coefficient (Wildman–Crippen LogP) is 1.17. The first kappa shape index (κ1) is 16.2. The van der Waals surface area contributed by atoms with Gasteiger partial charge in [-0.15, -0.1) is 0 Å². The zero-order valence-electron chi connectivity index (χ0n) is 13.9. The molecule has 126 valence electrons. The molecule has 1 aromatic heterocycles. The minimum absolute atomic E-state index is 0.00815. The number of likely N-dealkylation sites (N-methyl/N-ethyl adjacent to an activating group) is 1. The van der Waals surface area contributed by atoms with Crippen LogP contribution in [0, 0.1) is 0 Å². The van der Waals surface area contributed by atoms with Crippen LogP contribution >= 0.6 is 0 Å². The van der Waals surface area contributed by atoms with E-state index in [1.165, 1.54) is 0 Å². The summed E-state index contributed by atoms with van der Waals surface area (Å²) in [4.78, 5) is 20.4. The van der Waals surface area contributed by atoms with Gasteiger partial charge in [0.1, 0.15) is 6.10 Å². The average Bonchev–Trinajstić information content (AvgIpc) is 2.90. The molecule has 0 aliphatic carbocycles. The third kappa shape index (κ3) is 4.00. The van der Waals surface area contributed by atoms with Gasteiger partial charge in [0.15, 0.2) is 0 Å². The summed E-state index contributed by atoms with van der Waals surface area (Å²) < 4.78 is 12.0. The van der Waals surface area contributed by atoms with Crippen molar-refractivity contribution in [1.29, 1.82) is 0 Å². The summed E-state index contributed by atoms with van der Waals surface area (Å²) in [6.07, 6.45) is 4.52. The van der Waals surface area contributed by atoms with Crippen LogP contribution in [0.4, 0.5) is 0 Å². The van der Waals surface area contributed by atoms with Gasteiger partial charge in [-0.05, 0) is 33.0 Å². The van der Waals surface area contributed by atoms with E-state index in [9.17, 15) is 4.79 Å². The van der Waals surface area contributed by atoms with Gasteiger partial charge in [-0.3, -0.25) is 4.79 Å². The Labute approximate surface area is 137 Å². The summed E-state index contributed by atoms with van der Waals surface area (Å²) in [5, 5.41) is 0. The Morgan fingerprint density at radius 2 is 2.39 bits per heavy atom. The van der Waals surface area contributed by atoms with Crippen molar-refractivity contribution in [2.45, 2.75) is 31.0 Å². The van der Waals surface area contributed by atoms with Gasteiger partial charge in [0, 0.05) is 31.8 Å². The Kier molecular flexibility index (Phi) is 4.82. The van der Waals surface area contributed by atoms with Crippen molar-refractivity contribution in [3.63, 3.8) is 0 Å². The van der Waals surface area contributed by atoms with Crippen LogP contribution in [0.25, 0.3) is 0 Å². The van der Waals surface area contributed by atoms with Crippen molar-refractivity contribution in [2.75, 3.05) is 40.3 Å². The van der Waals surface area contributed by atoms with Crippen LogP contribution in [0.5, 0.6) is 5.88 Å². The zero-order chi connectivity index (χ0) is 16.3. The molecule has 2 saturated heterocycles. The van der Waals surface area contributed by atoms with E-state index < -0.39 is 0 Å². The van der Waals surface area contributed by atoms with Gasteiger partial charge in [0.05, 0.1) is 18.8 Å². The number of likely N-dealkylation sites (tertiary alicyclic amines) is 1. The number of pyridine rings is 1. The van der Waals surface area contributed by atoms with Crippen LogP contribution < -0.4 is 4.74 Å². The fourth-order valence-electron chi connectivity index (χ4n) is 3.43. The Morgan fingerprint density at radius 1 is 1.52 bits per heavy atom. The summed E-state index contributed by atoms with van der Waals surface area (Å²) in [5.41, 5.74) is -0.250. The average molecular weight is 319 g/mol. The van der Waals surface area contributed by atoms with Gasteiger partial charge in [0.2, 0.25) is 11.8 Å². The van der Waals surface area contributed by atoms with Gasteiger partial charge in [-0.25, -0.2) is 4.98 Å². The molecule has 2 aliphatic rings. The third-order valence-electron chi connectivity index (χ3n) is 4.44. The molecule has 3 heterocycles. The normalized spacial score (nSPS) is 27.6. The Hall–Kier alpha value is -1.66. The third-order valence-corrected chi connectivity index (χ3v) is 4.44. The molecule has 1 aromatic rings.